The van der Waals surface area contributed by atoms with Crippen LogP contribution in [0.3, 0.4) is 0 Å². The van der Waals surface area contributed by atoms with E-state index in [1.54, 1.807) is 0 Å². The number of hydrogen-bond acceptors (Lipinski definition) is 3. The van der Waals surface area contributed by atoms with Crippen molar-refractivity contribution in [1.29, 1.82) is 0 Å². The third kappa shape index (κ3) is 3.48. The molecule has 1 aliphatic rings. The molecule has 0 spiro atoms. The molecule has 1 rings (SSSR count). The highest BCUT2D eigenvalue weighted by atomic mass is 32.2. The van der Waals surface area contributed by atoms with Crippen LogP contribution in [0.15, 0.2) is 0 Å². The zero-order chi connectivity index (χ0) is 14.5. The smallest absolute Gasteiger partial charge is 0.0472 e. The number of likely N-dealkylation sites (N-methyl/N-ethyl adjacent to an activating group) is 1. The van der Waals surface area contributed by atoms with Crippen LogP contribution in [-0.2, 0) is 0 Å². The standard InChI is InChI=1S/C16H34N2S/c1-6-14(7-2)11-18(8-3)16(12-17)13-19-10-9-15(16,4)5/h14H,6-13,17H2,1-5H3. The number of nitrogens with zero attached hydrogens (tertiary/aromatic N) is 1. The van der Waals surface area contributed by atoms with E-state index in [-0.39, 0.29) is 5.54 Å². The summed E-state index contributed by atoms with van der Waals surface area (Å²) in [5.74, 6) is 3.30. The molecule has 1 unspecified atom stereocenters. The zero-order valence-corrected chi connectivity index (χ0v) is 14.5. The lowest BCUT2D eigenvalue weighted by Gasteiger charge is -2.56. The maximum Gasteiger partial charge on any atom is 0.0472 e. The van der Waals surface area contributed by atoms with Gasteiger partial charge in [0.25, 0.3) is 0 Å². The van der Waals surface area contributed by atoms with Crippen molar-refractivity contribution in [2.24, 2.45) is 17.1 Å². The van der Waals surface area contributed by atoms with Gasteiger partial charge in [0.1, 0.15) is 0 Å². The monoisotopic (exact) mass is 286 g/mol. The first-order chi connectivity index (χ1) is 8.97. The van der Waals surface area contributed by atoms with Crippen LogP contribution in [0, 0.1) is 11.3 Å². The minimum absolute atomic E-state index is 0.188. The Labute approximate surface area is 124 Å². The van der Waals surface area contributed by atoms with Crippen molar-refractivity contribution >= 4 is 11.8 Å². The summed E-state index contributed by atoms with van der Waals surface area (Å²) in [7, 11) is 0. The number of rotatable bonds is 7. The molecule has 0 amide bonds. The van der Waals surface area contributed by atoms with E-state index in [1.807, 2.05) is 0 Å². The predicted octanol–water partition coefficient (Wildman–Crippen LogP) is 3.61. The SMILES string of the molecule is CCC(CC)CN(CC)C1(CN)CSCCC1(C)C. The Morgan fingerprint density at radius 1 is 1.21 bits per heavy atom. The second-order valence-corrected chi connectivity index (χ2v) is 7.75. The van der Waals surface area contributed by atoms with Gasteiger partial charge in [0.05, 0.1) is 0 Å². The van der Waals surface area contributed by atoms with Crippen molar-refractivity contribution < 1.29 is 0 Å². The molecule has 1 atom stereocenters. The van der Waals surface area contributed by atoms with Gasteiger partial charge in [-0.2, -0.15) is 11.8 Å². The summed E-state index contributed by atoms with van der Waals surface area (Å²) in [6.07, 6.45) is 3.84. The molecular weight excluding hydrogens is 252 g/mol. The summed E-state index contributed by atoms with van der Waals surface area (Å²) in [5, 5.41) is 0. The molecule has 0 bridgehead atoms. The zero-order valence-electron chi connectivity index (χ0n) is 13.7. The molecule has 2 N–H and O–H groups in total. The molecule has 0 aromatic heterocycles. The van der Waals surface area contributed by atoms with Gasteiger partial charge in [-0.25, -0.2) is 0 Å². The first-order valence-electron chi connectivity index (χ1n) is 8.00. The Kier molecular flexibility index (Phi) is 6.68. The van der Waals surface area contributed by atoms with Crippen LogP contribution in [0.2, 0.25) is 0 Å². The van der Waals surface area contributed by atoms with Crippen molar-refractivity contribution in [1.82, 2.24) is 4.90 Å². The highest BCUT2D eigenvalue weighted by Crippen LogP contribution is 2.45. The second kappa shape index (κ2) is 7.33. The summed E-state index contributed by atoms with van der Waals surface area (Å²) >= 11 is 2.09. The first kappa shape index (κ1) is 17.3. The molecule has 0 aliphatic carbocycles. The van der Waals surface area contributed by atoms with E-state index in [0.717, 1.165) is 19.0 Å². The van der Waals surface area contributed by atoms with Crippen molar-refractivity contribution in [2.75, 3.05) is 31.1 Å². The molecule has 1 saturated heterocycles. The van der Waals surface area contributed by atoms with Gasteiger partial charge in [0, 0.05) is 24.4 Å². The fraction of sp³-hybridized carbons (Fsp3) is 1.00. The second-order valence-electron chi connectivity index (χ2n) is 6.64. The van der Waals surface area contributed by atoms with E-state index >= 15 is 0 Å². The number of hydrogen-bond donors (Lipinski definition) is 1. The van der Waals surface area contributed by atoms with E-state index in [9.17, 15) is 0 Å². The van der Waals surface area contributed by atoms with Gasteiger partial charge >= 0.3 is 0 Å². The lowest BCUT2D eigenvalue weighted by Crippen LogP contribution is -2.66. The average molecular weight is 287 g/mol. The van der Waals surface area contributed by atoms with Gasteiger partial charge in [-0.15, -0.1) is 0 Å². The maximum absolute atomic E-state index is 6.29. The largest absolute Gasteiger partial charge is 0.329 e. The predicted molar refractivity (Wildman–Crippen MR) is 88.8 cm³/mol. The van der Waals surface area contributed by atoms with Gasteiger partial charge in [-0.3, -0.25) is 4.90 Å². The van der Waals surface area contributed by atoms with Crippen LogP contribution >= 0.6 is 11.8 Å². The maximum atomic E-state index is 6.29. The van der Waals surface area contributed by atoms with Crippen LogP contribution in [0.1, 0.15) is 53.9 Å². The van der Waals surface area contributed by atoms with E-state index in [4.69, 9.17) is 5.73 Å². The van der Waals surface area contributed by atoms with Crippen molar-refractivity contribution in [3.8, 4) is 0 Å². The third-order valence-electron chi connectivity index (χ3n) is 5.43. The lowest BCUT2D eigenvalue weighted by atomic mass is 9.69. The highest BCUT2D eigenvalue weighted by molar-refractivity contribution is 7.99. The van der Waals surface area contributed by atoms with Crippen molar-refractivity contribution in [2.45, 2.75) is 59.4 Å². The quantitative estimate of drug-likeness (QED) is 0.775. The van der Waals surface area contributed by atoms with E-state index < -0.39 is 0 Å². The number of nitrogens with two attached hydrogens (primary N) is 1. The summed E-state index contributed by atoms with van der Waals surface area (Å²) in [4.78, 5) is 2.71. The van der Waals surface area contributed by atoms with Gasteiger partial charge < -0.3 is 5.73 Å². The van der Waals surface area contributed by atoms with E-state index in [2.05, 4.69) is 51.3 Å². The van der Waals surface area contributed by atoms with Gasteiger partial charge in [0.15, 0.2) is 0 Å². The summed E-state index contributed by atoms with van der Waals surface area (Å²) in [5.41, 5.74) is 6.81. The first-order valence-corrected chi connectivity index (χ1v) is 9.15. The molecule has 1 fully saturated rings. The molecule has 0 saturated carbocycles. The fourth-order valence-corrected chi connectivity index (χ4v) is 5.27. The van der Waals surface area contributed by atoms with Crippen molar-refractivity contribution in [3.05, 3.63) is 0 Å². The Morgan fingerprint density at radius 3 is 2.26 bits per heavy atom. The molecule has 1 aliphatic heterocycles. The molecule has 0 aromatic rings. The third-order valence-corrected chi connectivity index (χ3v) is 6.60. The van der Waals surface area contributed by atoms with Crippen molar-refractivity contribution in [3.63, 3.8) is 0 Å². The van der Waals surface area contributed by atoms with Gasteiger partial charge in [0.2, 0.25) is 0 Å². The molecule has 0 radical (unpaired) electrons. The molecule has 19 heavy (non-hydrogen) atoms. The fourth-order valence-electron chi connectivity index (χ4n) is 3.45. The summed E-state index contributed by atoms with van der Waals surface area (Å²) in [6.45, 7) is 14.9. The van der Waals surface area contributed by atoms with Crippen LogP contribution in [0.4, 0.5) is 0 Å². The molecule has 2 nitrogen and oxygen atoms in total. The van der Waals surface area contributed by atoms with Crippen LogP contribution in [-0.4, -0.2) is 41.6 Å². The van der Waals surface area contributed by atoms with Gasteiger partial charge in [-0.1, -0.05) is 47.5 Å². The minimum Gasteiger partial charge on any atom is -0.329 e. The lowest BCUT2D eigenvalue weighted by molar-refractivity contribution is -0.00592. The Bertz CT molecular complexity index is 263. The Balaban J connectivity index is 2.95. The normalized spacial score (nSPS) is 27.2. The highest BCUT2D eigenvalue weighted by Gasteiger charge is 2.49. The summed E-state index contributed by atoms with van der Waals surface area (Å²) in [6, 6.07) is 0. The molecule has 0 aromatic carbocycles. The topological polar surface area (TPSA) is 29.3 Å². The van der Waals surface area contributed by atoms with Crippen LogP contribution in [0.25, 0.3) is 0 Å². The van der Waals surface area contributed by atoms with E-state index in [1.165, 1.54) is 37.3 Å². The molecule has 114 valence electrons. The molecular formula is C16H34N2S. The Hall–Kier alpha value is 0.270. The number of thioether (sulfide) groups is 1. The summed E-state index contributed by atoms with van der Waals surface area (Å²) < 4.78 is 0. The van der Waals surface area contributed by atoms with Crippen LogP contribution in [0.5, 0.6) is 0 Å². The van der Waals surface area contributed by atoms with E-state index in [0.29, 0.717) is 5.41 Å². The average Bonchev–Trinajstić information content (AvgIpc) is 2.41. The molecule has 3 heteroatoms. The van der Waals surface area contributed by atoms with Gasteiger partial charge in [-0.05, 0) is 30.1 Å². The Morgan fingerprint density at radius 2 is 1.84 bits per heavy atom. The molecule has 1 heterocycles. The minimum atomic E-state index is 0.188. The van der Waals surface area contributed by atoms with Crippen LogP contribution < -0.4 is 5.73 Å².